The van der Waals surface area contributed by atoms with Crippen LogP contribution in [0.1, 0.15) is 226 Å². The number of unbranched alkanes of at least 4 members (excludes halogenated alkanes) is 17. The molecule has 0 saturated heterocycles. The minimum absolute atomic E-state index is 0.0851. The van der Waals surface area contributed by atoms with E-state index in [-0.39, 0.29) is 31.6 Å². The van der Waals surface area contributed by atoms with Gasteiger partial charge in [0.1, 0.15) is 13.2 Å². The van der Waals surface area contributed by atoms with Gasteiger partial charge in [-0.25, -0.2) is 0 Å². The molecule has 1 atom stereocenters. The van der Waals surface area contributed by atoms with Gasteiger partial charge in [0, 0.05) is 12.8 Å². The van der Waals surface area contributed by atoms with Crippen LogP contribution in [-0.4, -0.2) is 37.2 Å². The fourth-order valence-corrected chi connectivity index (χ4v) is 6.97. The lowest BCUT2D eigenvalue weighted by Crippen LogP contribution is -2.30. The molecule has 0 aromatic heterocycles. The minimum atomic E-state index is -0.849. The smallest absolute Gasteiger partial charge is 0.310 e. The van der Waals surface area contributed by atoms with Crippen molar-refractivity contribution in [1.82, 2.24) is 0 Å². The summed E-state index contributed by atoms with van der Waals surface area (Å²) in [6.07, 6.45) is 75.0. The highest BCUT2D eigenvalue weighted by atomic mass is 16.6. The van der Waals surface area contributed by atoms with E-state index in [1.807, 2.05) is 6.08 Å². The van der Waals surface area contributed by atoms with Crippen molar-refractivity contribution in [3.63, 3.8) is 0 Å². The number of ether oxygens (including phenoxy) is 3. The van der Waals surface area contributed by atoms with Gasteiger partial charge in [0.05, 0.1) is 6.42 Å². The second-order valence-corrected chi connectivity index (χ2v) is 17.4. The zero-order chi connectivity index (χ0) is 48.6. The monoisotopic (exact) mass is 927 g/mol. The van der Waals surface area contributed by atoms with Crippen LogP contribution in [0.5, 0.6) is 0 Å². The highest BCUT2D eigenvalue weighted by molar-refractivity contribution is 5.72. The summed E-state index contributed by atoms with van der Waals surface area (Å²) >= 11 is 0. The highest BCUT2D eigenvalue weighted by Gasteiger charge is 2.19. The van der Waals surface area contributed by atoms with Crippen LogP contribution in [0.4, 0.5) is 0 Å². The van der Waals surface area contributed by atoms with Crippen LogP contribution >= 0.6 is 0 Å². The van der Waals surface area contributed by atoms with Gasteiger partial charge < -0.3 is 14.2 Å². The van der Waals surface area contributed by atoms with Crippen LogP contribution in [0.15, 0.2) is 122 Å². The van der Waals surface area contributed by atoms with Gasteiger partial charge >= 0.3 is 17.9 Å². The quantitative estimate of drug-likeness (QED) is 0.0262. The fraction of sp³-hybridized carbons (Fsp3) is 0.623. The highest BCUT2D eigenvalue weighted by Crippen LogP contribution is 2.13. The van der Waals surface area contributed by atoms with Gasteiger partial charge in [-0.05, 0) is 109 Å². The maximum atomic E-state index is 12.8. The lowest BCUT2D eigenvalue weighted by molar-refractivity contribution is -0.166. The Morgan fingerprint density at radius 2 is 0.627 bits per heavy atom. The van der Waals surface area contributed by atoms with E-state index in [0.717, 1.165) is 96.3 Å². The molecule has 0 radical (unpaired) electrons. The summed E-state index contributed by atoms with van der Waals surface area (Å²) in [5.74, 6) is -1.10. The largest absolute Gasteiger partial charge is 0.462 e. The Balaban J connectivity index is 4.49. The van der Waals surface area contributed by atoms with Crippen molar-refractivity contribution in [2.75, 3.05) is 13.2 Å². The van der Waals surface area contributed by atoms with Gasteiger partial charge in [-0.2, -0.15) is 0 Å². The Morgan fingerprint density at radius 3 is 1.00 bits per heavy atom. The molecule has 0 rings (SSSR count). The first-order chi connectivity index (χ1) is 33.0. The second-order valence-electron chi connectivity index (χ2n) is 17.4. The SMILES string of the molecule is CC/C=C\C/C=C\C/C=C\C/C=C\C/C=C\CC(=O)OC(COC(=O)CCCCC/C=C\C/C=C\C/C=C\CC)COC(=O)CCCCCCCCCCC/C=C\C/C=C\CCCCCCC. The molecule has 0 aromatic carbocycles. The Hall–Kier alpha value is -4.19. The third-order valence-corrected chi connectivity index (χ3v) is 11.0. The maximum Gasteiger partial charge on any atom is 0.310 e. The van der Waals surface area contributed by atoms with E-state index in [0.29, 0.717) is 19.3 Å². The molecule has 0 aliphatic heterocycles. The number of hydrogen-bond acceptors (Lipinski definition) is 6. The average Bonchev–Trinajstić information content (AvgIpc) is 3.33. The fourth-order valence-electron chi connectivity index (χ4n) is 6.97. The molecule has 0 spiro atoms. The number of carbonyl (C=O) groups excluding carboxylic acids is 3. The average molecular weight is 927 g/mol. The van der Waals surface area contributed by atoms with E-state index in [1.54, 1.807) is 6.08 Å². The molecule has 67 heavy (non-hydrogen) atoms. The summed E-state index contributed by atoms with van der Waals surface area (Å²) in [4.78, 5) is 38.0. The molecule has 0 N–H and O–H groups in total. The van der Waals surface area contributed by atoms with Crippen LogP contribution in [0.3, 0.4) is 0 Å². The molecule has 0 saturated carbocycles. The summed E-state index contributed by atoms with van der Waals surface area (Å²) < 4.78 is 16.7. The molecule has 0 aliphatic rings. The zero-order valence-electron chi connectivity index (χ0n) is 43.1. The van der Waals surface area contributed by atoms with Crippen molar-refractivity contribution in [2.45, 2.75) is 232 Å². The van der Waals surface area contributed by atoms with Crippen LogP contribution in [0.2, 0.25) is 0 Å². The number of carbonyl (C=O) groups is 3. The van der Waals surface area contributed by atoms with Crippen LogP contribution in [0.25, 0.3) is 0 Å². The standard InChI is InChI=1S/C61H98O6/c1-4-7-10-13-16-19-22-25-27-28-29-30-31-32-34-36-39-42-45-48-51-54-60(63)66-57-58(56-65-59(62)53-50-47-44-41-38-35-24-21-18-15-12-9-6-3)67-61(64)55-52-49-46-43-40-37-33-26-23-20-17-14-11-8-5-2/h8-9,11-12,17-18,20-22,25-26,28-29,33,35,38,40,43,49,52,58H,4-7,10,13-16,19,23-24,27,30-32,34,36-37,39,41-42,44-48,50-51,53-57H2,1-3H3/b11-8-,12-9-,20-17-,21-18-,25-22-,29-28-,33-26-,38-35-,43-40-,52-49-. The van der Waals surface area contributed by atoms with E-state index < -0.39 is 12.1 Å². The van der Waals surface area contributed by atoms with Crippen molar-refractivity contribution in [1.29, 1.82) is 0 Å². The van der Waals surface area contributed by atoms with Crippen LogP contribution in [-0.2, 0) is 28.6 Å². The number of esters is 3. The van der Waals surface area contributed by atoms with E-state index in [2.05, 4.69) is 130 Å². The molecule has 378 valence electrons. The van der Waals surface area contributed by atoms with Crippen molar-refractivity contribution < 1.29 is 28.6 Å². The first kappa shape index (κ1) is 62.8. The molecule has 0 fully saturated rings. The maximum absolute atomic E-state index is 12.8. The normalized spacial score (nSPS) is 13.1. The van der Waals surface area contributed by atoms with Gasteiger partial charge in [-0.1, -0.05) is 219 Å². The van der Waals surface area contributed by atoms with Gasteiger partial charge in [0.15, 0.2) is 6.10 Å². The van der Waals surface area contributed by atoms with Gasteiger partial charge in [0.25, 0.3) is 0 Å². The topological polar surface area (TPSA) is 78.9 Å². The van der Waals surface area contributed by atoms with Crippen molar-refractivity contribution in [2.24, 2.45) is 0 Å². The molecule has 0 amide bonds. The number of rotatable bonds is 47. The van der Waals surface area contributed by atoms with Crippen LogP contribution in [0, 0.1) is 0 Å². The Labute approximate surface area is 412 Å². The van der Waals surface area contributed by atoms with E-state index in [1.165, 1.54) is 83.5 Å². The summed E-state index contributed by atoms with van der Waals surface area (Å²) in [6.45, 7) is 6.27. The van der Waals surface area contributed by atoms with Crippen molar-refractivity contribution in [3.8, 4) is 0 Å². The first-order valence-electron chi connectivity index (χ1n) is 27.0. The number of hydrogen-bond donors (Lipinski definition) is 0. The Bertz CT molecular complexity index is 1440. The molecular formula is C61H98O6. The van der Waals surface area contributed by atoms with Gasteiger partial charge in [-0.15, -0.1) is 0 Å². The van der Waals surface area contributed by atoms with E-state index in [4.69, 9.17) is 14.2 Å². The molecule has 0 bridgehead atoms. The van der Waals surface area contributed by atoms with Crippen molar-refractivity contribution in [3.05, 3.63) is 122 Å². The predicted molar refractivity (Wildman–Crippen MR) is 288 cm³/mol. The minimum Gasteiger partial charge on any atom is -0.462 e. The van der Waals surface area contributed by atoms with E-state index in [9.17, 15) is 14.4 Å². The molecule has 6 heteroatoms. The summed E-state index contributed by atoms with van der Waals surface area (Å²) in [5, 5.41) is 0. The zero-order valence-corrected chi connectivity index (χ0v) is 43.1. The molecular weight excluding hydrogens is 829 g/mol. The van der Waals surface area contributed by atoms with Crippen molar-refractivity contribution >= 4 is 17.9 Å². The lowest BCUT2D eigenvalue weighted by Gasteiger charge is -2.18. The first-order valence-corrected chi connectivity index (χ1v) is 27.0. The third-order valence-electron chi connectivity index (χ3n) is 11.0. The Kier molecular flexibility index (Phi) is 51.0. The summed E-state index contributed by atoms with van der Waals surface area (Å²) in [7, 11) is 0. The molecule has 0 aliphatic carbocycles. The molecule has 6 nitrogen and oxygen atoms in total. The Morgan fingerprint density at radius 1 is 0.328 bits per heavy atom. The molecule has 0 aromatic rings. The van der Waals surface area contributed by atoms with Gasteiger partial charge in [0.2, 0.25) is 0 Å². The van der Waals surface area contributed by atoms with Gasteiger partial charge in [-0.3, -0.25) is 14.4 Å². The predicted octanol–water partition coefficient (Wildman–Crippen LogP) is 18.1. The molecule has 1 unspecified atom stereocenters. The van der Waals surface area contributed by atoms with Crippen LogP contribution < -0.4 is 0 Å². The lowest BCUT2D eigenvalue weighted by atomic mass is 10.1. The van der Waals surface area contributed by atoms with E-state index >= 15 is 0 Å². The summed E-state index contributed by atoms with van der Waals surface area (Å²) in [6, 6.07) is 0. The molecule has 0 heterocycles. The number of allylic oxidation sites excluding steroid dienone is 19. The third kappa shape index (κ3) is 52.6. The summed E-state index contributed by atoms with van der Waals surface area (Å²) in [5.41, 5.74) is 0. The second kappa shape index (κ2) is 54.4.